The van der Waals surface area contributed by atoms with E-state index in [9.17, 15) is 18.0 Å². The molecule has 0 aliphatic carbocycles. The Kier molecular flexibility index (Phi) is 3.87. The smallest absolute Gasteiger partial charge is 0.339 e. The molecule has 0 saturated carbocycles. The van der Waals surface area contributed by atoms with E-state index in [-0.39, 0.29) is 11.7 Å². The topological polar surface area (TPSA) is 39.2 Å². The van der Waals surface area contributed by atoms with Crippen LogP contribution in [-0.4, -0.2) is 17.1 Å². The molecule has 0 aliphatic rings. The maximum Gasteiger partial charge on any atom is 0.339 e. The standard InChI is InChI=1S/C10H10F3NO2/c1-5(2)16-10(15)6-3-7(8(11)12)9(13)14-4-6/h3-5,8H,1-2H3. The minimum atomic E-state index is -3.01. The summed E-state index contributed by atoms with van der Waals surface area (Å²) in [5.41, 5.74) is -1.09. The summed E-state index contributed by atoms with van der Waals surface area (Å²) in [6.07, 6.45) is -2.53. The molecule has 16 heavy (non-hydrogen) atoms. The lowest BCUT2D eigenvalue weighted by Crippen LogP contribution is -2.12. The minimum absolute atomic E-state index is 0.189. The first-order valence-electron chi connectivity index (χ1n) is 4.56. The van der Waals surface area contributed by atoms with Crippen LogP contribution in [0, 0.1) is 5.95 Å². The van der Waals surface area contributed by atoms with Gasteiger partial charge in [0.15, 0.2) is 0 Å². The van der Waals surface area contributed by atoms with Crippen LogP contribution in [0.15, 0.2) is 12.3 Å². The molecule has 1 heterocycles. The van der Waals surface area contributed by atoms with Crippen molar-refractivity contribution in [3.8, 4) is 0 Å². The highest BCUT2D eigenvalue weighted by molar-refractivity contribution is 5.89. The van der Waals surface area contributed by atoms with Gasteiger partial charge in [0.2, 0.25) is 5.95 Å². The second-order valence-electron chi connectivity index (χ2n) is 3.36. The lowest BCUT2D eigenvalue weighted by Gasteiger charge is -2.08. The summed E-state index contributed by atoms with van der Waals surface area (Å²) in [7, 11) is 0. The van der Waals surface area contributed by atoms with Gasteiger partial charge < -0.3 is 4.74 Å². The summed E-state index contributed by atoms with van der Waals surface area (Å²) in [6.45, 7) is 3.23. The second-order valence-corrected chi connectivity index (χ2v) is 3.36. The van der Waals surface area contributed by atoms with Gasteiger partial charge >= 0.3 is 5.97 Å². The highest BCUT2D eigenvalue weighted by Gasteiger charge is 2.18. The van der Waals surface area contributed by atoms with Crippen molar-refractivity contribution in [2.24, 2.45) is 0 Å². The molecule has 1 rings (SSSR count). The van der Waals surface area contributed by atoms with Gasteiger partial charge in [-0.25, -0.2) is 18.6 Å². The predicted octanol–water partition coefficient (Wildman–Crippen LogP) is 2.72. The van der Waals surface area contributed by atoms with E-state index in [4.69, 9.17) is 4.74 Å². The molecule has 0 atom stereocenters. The molecule has 1 aromatic rings. The van der Waals surface area contributed by atoms with E-state index in [0.717, 1.165) is 12.3 Å². The van der Waals surface area contributed by atoms with Gasteiger partial charge in [-0.1, -0.05) is 0 Å². The molecule has 0 bridgehead atoms. The van der Waals surface area contributed by atoms with Crippen LogP contribution in [0.4, 0.5) is 13.2 Å². The second kappa shape index (κ2) is 4.96. The molecule has 0 saturated heterocycles. The first kappa shape index (κ1) is 12.5. The molecule has 3 nitrogen and oxygen atoms in total. The fourth-order valence-electron chi connectivity index (χ4n) is 1.01. The van der Waals surface area contributed by atoms with Crippen molar-refractivity contribution >= 4 is 5.97 Å². The number of carbonyl (C=O) groups excluding carboxylic acids is 1. The average molecular weight is 233 g/mol. The normalized spacial score (nSPS) is 10.9. The largest absolute Gasteiger partial charge is 0.459 e. The van der Waals surface area contributed by atoms with Crippen molar-refractivity contribution in [1.82, 2.24) is 4.98 Å². The van der Waals surface area contributed by atoms with Crippen LogP contribution >= 0.6 is 0 Å². The molecule has 88 valence electrons. The van der Waals surface area contributed by atoms with E-state index in [1.807, 2.05) is 0 Å². The Hall–Kier alpha value is -1.59. The number of rotatable bonds is 3. The Morgan fingerprint density at radius 3 is 2.56 bits per heavy atom. The van der Waals surface area contributed by atoms with Gasteiger partial charge in [-0.05, 0) is 19.9 Å². The Balaban J connectivity index is 2.98. The van der Waals surface area contributed by atoms with E-state index in [2.05, 4.69) is 4.98 Å². The van der Waals surface area contributed by atoms with Gasteiger partial charge in [-0.15, -0.1) is 0 Å². The van der Waals surface area contributed by atoms with E-state index in [1.165, 1.54) is 0 Å². The zero-order valence-electron chi connectivity index (χ0n) is 8.71. The molecule has 1 aromatic heterocycles. The molecule has 0 N–H and O–H groups in total. The molecular weight excluding hydrogens is 223 g/mol. The lowest BCUT2D eigenvalue weighted by molar-refractivity contribution is 0.0376. The predicted molar refractivity (Wildman–Crippen MR) is 49.7 cm³/mol. The maximum atomic E-state index is 12.8. The van der Waals surface area contributed by atoms with Gasteiger partial charge in [0, 0.05) is 6.20 Å². The SMILES string of the molecule is CC(C)OC(=O)c1cnc(F)c(C(F)F)c1. The van der Waals surface area contributed by atoms with E-state index in [0.29, 0.717) is 0 Å². The van der Waals surface area contributed by atoms with E-state index >= 15 is 0 Å². The van der Waals surface area contributed by atoms with Crippen molar-refractivity contribution in [1.29, 1.82) is 0 Å². The number of nitrogens with zero attached hydrogens (tertiary/aromatic N) is 1. The molecule has 0 aliphatic heterocycles. The van der Waals surface area contributed by atoms with Crippen LogP contribution in [0.2, 0.25) is 0 Å². The van der Waals surface area contributed by atoms with Crippen molar-refractivity contribution in [3.63, 3.8) is 0 Å². The molecule has 0 radical (unpaired) electrons. The van der Waals surface area contributed by atoms with Crippen LogP contribution < -0.4 is 0 Å². The van der Waals surface area contributed by atoms with Gasteiger partial charge in [0.25, 0.3) is 6.43 Å². The van der Waals surface area contributed by atoms with E-state index in [1.54, 1.807) is 13.8 Å². The van der Waals surface area contributed by atoms with Crippen LogP contribution in [-0.2, 0) is 4.74 Å². The Morgan fingerprint density at radius 2 is 2.06 bits per heavy atom. The van der Waals surface area contributed by atoms with Crippen molar-refractivity contribution in [3.05, 3.63) is 29.3 Å². The quantitative estimate of drug-likeness (QED) is 0.595. The van der Waals surface area contributed by atoms with Gasteiger partial charge in [0.05, 0.1) is 17.2 Å². The Labute approximate surface area is 90.2 Å². The summed E-state index contributed by atoms with van der Waals surface area (Å²) >= 11 is 0. The Morgan fingerprint density at radius 1 is 1.44 bits per heavy atom. The third kappa shape index (κ3) is 2.95. The average Bonchev–Trinajstić information content (AvgIpc) is 2.16. The third-order valence-corrected chi connectivity index (χ3v) is 1.68. The number of ether oxygens (including phenoxy) is 1. The highest BCUT2D eigenvalue weighted by Crippen LogP contribution is 2.21. The van der Waals surface area contributed by atoms with Gasteiger partial charge in [0.1, 0.15) is 0 Å². The lowest BCUT2D eigenvalue weighted by atomic mass is 10.2. The van der Waals surface area contributed by atoms with Gasteiger partial charge in [-0.2, -0.15) is 4.39 Å². The summed E-state index contributed by atoms with van der Waals surface area (Å²) in [4.78, 5) is 14.4. The number of aromatic nitrogens is 1. The molecule has 0 amide bonds. The number of alkyl halides is 2. The summed E-state index contributed by atoms with van der Waals surface area (Å²) < 4.78 is 42.2. The first-order chi connectivity index (χ1) is 7.41. The summed E-state index contributed by atoms with van der Waals surface area (Å²) in [5, 5.41) is 0. The minimum Gasteiger partial charge on any atom is -0.459 e. The molecule has 0 unspecified atom stereocenters. The highest BCUT2D eigenvalue weighted by atomic mass is 19.3. The van der Waals surface area contributed by atoms with Crippen molar-refractivity contribution < 1.29 is 22.7 Å². The molecule has 0 aromatic carbocycles. The number of pyridine rings is 1. The molecular formula is C10H10F3NO2. The molecule has 0 fully saturated rings. The zero-order chi connectivity index (χ0) is 12.3. The first-order valence-corrected chi connectivity index (χ1v) is 4.56. The zero-order valence-corrected chi connectivity index (χ0v) is 8.71. The number of hydrogen-bond acceptors (Lipinski definition) is 3. The van der Waals surface area contributed by atoms with Gasteiger partial charge in [-0.3, -0.25) is 0 Å². The fraction of sp³-hybridized carbons (Fsp3) is 0.400. The summed E-state index contributed by atoms with van der Waals surface area (Å²) in [6, 6.07) is 0.748. The van der Waals surface area contributed by atoms with Crippen molar-refractivity contribution in [2.45, 2.75) is 26.4 Å². The van der Waals surface area contributed by atoms with Crippen LogP contribution in [0.5, 0.6) is 0 Å². The maximum absolute atomic E-state index is 12.8. The monoisotopic (exact) mass is 233 g/mol. The molecule has 6 heteroatoms. The number of hydrogen-bond donors (Lipinski definition) is 0. The third-order valence-electron chi connectivity index (χ3n) is 1.68. The van der Waals surface area contributed by atoms with Crippen LogP contribution in [0.3, 0.4) is 0 Å². The number of carbonyl (C=O) groups is 1. The number of halogens is 3. The molecule has 0 spiro atoms. The summed E-state index contributed by atoms with van der Waals surface area (Å²) in [5.74, 6) is -2.08. The fourth-order valence-corrected chi connectivity index (χ4v) is 1.01. The number of esters is 1. The van der Waals surface area contributed by atoms with Crippen molar-refractivity contribution in [2.75, 3.05) is 0 Å². The van der Waals surface area contributed by atoms with Crippen LogP contribution in [0.25, 0.3) is 0 Å². The van der Waals surface area contributed by atoms with E-state index < -0.39 is 23.9 Å². The Bertz CT molecular complexity index is 394. The van der Waals surface area contributed by atoms with Crippen LogP contribution in [0.1, 0.15) is 36.2 Å².